The molecular weight excluding hydrogens is 329 g/mol. The van der Waals surface area contributed by atoms with Gasteiger partial charge in [0.05, 0.1) is 5.56 Å². The van der Waals surface area contributed by atoms with Crippen molar-refractivity contribution in [3.05, 3.63) is 70.8 Å². The largest absolute Gasteiger partial charge is 0.416 e. The predicted molar refractivity (Wildman–Crippen MR) is 91.1 cm³/mol. The second-order valence-corrected chi connectivity index (χ2v) is 6.04. The molecule has 0 radical (unpaired) electrons. The van der Waals surface area contributed by atoms with Crippen molar-refractivity contribution < 1.29 is 18.0 Å². The Balaban J connectivity index is 2.15. The Hall–Kier alpha value is -2.34. The molecule has 0 saturated heterocycles. The lowest BCUT2D eigenvalue weighted by atomic mass is 9.90. The molecule has 25 heavy (non-hydrogen) atoms. The van der Waals surface area contributed by atoms with Gasteiger partial charge in [-0.05, 0) is 36.2 Å². The summed E-state index contributed by atoms with van der Waals surface area (Å²) in [5.41, 5.74) is 6.36. The summed E-state index contributed by atoms with van der Waals surface area (Å²) in [5.74, 6) is -0.822. The highest BCUT2D eigenvalue weighted by Crippen LogP contribution is 2.36. The standard InChI is InChI=1S/C19H21F3N2O/c1-12(16-5-3-4-6-17(16)19(20,21)22)13(2)24-18(25)15-9-7-14(11-23)8-10-15/h3-10,12-13H,11,23H2,1-2H3,(H,24,25). The van der Waals surface area contributed by atoms with E-state index in [-0.39, 0.29) is 11.5 Å². The highest BCUT2D eigenvalue weighted by molar-refractivity contribution is 5.94. The van der Waals surface area contributed by atoms with Crippen LogP contribution < -0.4 is 11.1 Å². The number of hydrogen-bond acceptors (Lipinski definition) is 2. The Kier molecular flexibility index (Phi) is 5.85. The van der Waals surface area contributed by atoms with Crippen LogP contribution in [-0.2, 0) is 12.7 Å². The minimum atomic E-state index is -4.42. The second kappa shape index (κ2) is 7.70. The van der Waals surface area contributed by atoms with Crippen LogP contribution in [0.15, 0.2) is 48.5 Å². The molecule has 0 aliphatic heterocycles. The fraction of sp³-hybridized carbons (Fsp3) is 0.316. The van der Waals surface area contributed by atoms with E-state index >= 15 is 0 Å². The molecule has 0 aliphatic carbocycles. The molecule has 1 amide bonds. The van der Waals surface area contributed by atoms with Gasteiger partial charge in [0.15, 0.2) is 0 Å². The van der Waals surface area contributed by atoms with Gasteiger partial charge in [-0.3, -0.25) is 4.79 Å². The Bertz CT molecular complexity index is 726. The second-order valence-electron chi connectivity index (χ2n) is 6.04. The number of alkyl halides is 3. The van der Waals surface area contributed by atoms with Crippen LogP contribution in [0.1, 0.15) is 46.8 Å². The maximum atomic E-state index is 13.2. The van der Waals surface area contributed by atoms with Crippen LogP contribution in [0.4, 0.5) is 13.2 Å². The lowest BCUT2D eigenvalue weighted by molar-refractivity contribution is -0.138. The molecule has 2 aromatic carbocycles. The number of benzene rings is 2. The number of hydrogen-bond donors (Lipinski definition) is 2. The number of halogens is 3. The third-order valence-corrected chi connectivity index (χ3v) is 4.32. The molecule has 0 aromatic heterocycles. The zero-order valence-corrected chi connectivity index (χ0v) is 14.1. The van der Waals surface area contributed by atoms with E-state index in [1.807, 2.05) is 0 Å². The molecule has 0 heterocycles. The lowest BCUT2D eigenvalue weighted by Crippen LogP contribution is -2.36. The highest BCUT2D eigenvalue weighted by atomic mass is 19.4. The predicted octanol–water partition coefficient (Wildman–Crippen LogP) is 4.09. The molecule has 3 N–H and O–H groups in total. The molecular formula is C19H21F3N2O. The number of nitrogens with one attached hydrogen (secondary N) is 1. The molecule has 2 rings (SSSR count). The molecule has 0 spiro atoms. The van der Waals surface area contributed by atoms with Crippen molar-refractivity contribution in [3.8, 4) is 0 Å². The van der Waals surface area contributed by atoms with Gasteiger partial charge in [-0.25, -0.2) is 0 Å². The first kappa shape index (κ1) is 19.0. The number of rotatable bonds is 5. The molecule has 6 heteroatoms. The highest BCUT2D eigenvalue weighted by Gasteiger charge is 2.35. The van der Waals surface area contributed by atoms with Crippen LogP contribution in [-0.4, -0.2) is 11.9 Å². The van der Waals surface area contributed by atoms with E-state index in [1.54, 1.807) is 44.2 Å². The maximum Gasteiger partial charge on any atom is 0.416 e. The molecule has 0 saturated carbocycles. The van der Waals surface area contributed by atoms with Crippen molar-refractivity contribution in [1.82, 2.24) is 5.32 Å². The number of amides is 1. The summed E-state index contributed by atoms with van der Waals surface area (Å²) in [7, 11) is 0. The Morgan fingerprint density at radius 3 is 2.24 bits per heavy atom. The first-order chi connectivity index (χ1) is 11.7. The van der Waals surface area contributed by atoms with Gasteiger partial charge in [-0.2, -0.15) is 13.2 Å². The summed E-state index contributed by atoms with van der Waals surface area (Å²) in [6.45, 7) is 3.75. The van der Waals surface area contributed by atoms with Gasteiger partial charge in [0.1, 0.15) is 0 Å². The van der Waals surface area contributed by atoms with E-state index in [2.05, 4.69) is 5.32 Å². The van der Waals surface area contributed by atoms with E-state index in [9.17, 15) is 18.0 Å². The third kappa shape index (κ3) is 4.60. The smallest absolute Gasteiger partial charge is 0.349 e. The molecule has 3 nitrogen and oxygen atoms in total. The average molecular weight is 350 g/mol. The van der Waals surface area contributed by atoms with Crippen LogP contribution in [0.2, 0.25) is 0 Å². The van der Waals surface area contributed by atoms with E-state index in [1.165, 1.54) is 12.1 Å². The monoisotopic (exact) mass is 350 g/mol. The topological polar surface area (TPSA) is 55.1 Å². The fourth-order valence-electron chi connectivity index (χ4n) is 2.63. The number of nitrogens with two attached hydrogens (primary N) is 1. The minimum absolute atomic E-state index is 0.168. The quantitative estimate of drug-likeness (QED) is 0.853. The zero-order valence-electron chi connectivity index (χ0n) is 14.1. The molecule has 0 fully saturated rings. The van der Waals surface area contributed by atoms with Gasteiger partial charge in [0.25, 0.3) is 5.91 Å². The van der Waals surface area contributed by atoms with Crippen molar-refractivity contribution in [3.63, 3.8) is 0 Å². The van der Waals surface area contributed by atoms with Crippen molar-refractivity contribution >= 4 is 5.91 Å². The van der Waals surface area contributed by atoms with E-state index in [0.717, 1.165) is 11.6 Å². The van der Waals surface area contributed by atoms with Crippen LogP contribution in [0.5, 0.6) is 0 Å². The summed E-state index contributed by atoms with van der Waals surface area (Å²) in [6.07, 6.45) is -4.42. The first-order valence-electron chi connectivity index (χ1n) is 8.00. The fourth-order valence-corrected chi connectivity index (χ4v) is 2.63. The van der Waals surface area contributed by atoms with Crippen molar-refractivity contribution in [2.75, 3.05) is 0 Å². The lowest BCUT2D eigenvalue weighted by Gasteiger charge is -2.24. The summed E-state index contributed by atoms with van der Waals surface area (Å²) in [6, 6.07) is 11.8. The molecule has 2 aromatic rings. The SMILES string of the molecule is CC(NC(=O)c1ccc(CN)cc1)C(C)c1ccccc1C(F)(F)F. The zero-order chi connectivity index (χ0) is 18.6. The Labute approximate surface area is 145 Å². The van der Waals surface area contributed by atoms with Crippen LogP contribution in [0, 0.1) is 0 Å². The summed E-state index contributed by atoms with van der Waals surface area (Å²) < 4.78 is 39.5. The van der Waals surface area contributed by atoms with Gasteiger partial charge < -0.3 is 11.1 Å². The summed E-state index contributed by atoms with van der Waals surface area (Å²) in [4.78, 5) is 12.3. The Morgan fingerprint density at radius 2 is 1.68 bits per heavy atom. The molecule has 0 bridgehead atoms. The van der Waals surface area contributed by atoms with Crippen molar-refractivity contribution in [2.24, 2.45) is 5.73 Å². The van der Waals surface area contributed by atoms with Gasteiger partial charge >= 0.3 is 6.18 Å². The number of carbonyl (C=O) groups excluding carboxylic acids is 1. The van der Waals surface area contributed by atoms with E-state index < -0.39 is 23.7 Å². The van der Waals surface area contributed by atoms with Crippen molar-refractivity contribution in [1.29, 1.82) is 0 Å². The Morgan fingerprint density at radius 1 is 1.08 bits per heavy atom. The van der Waals surface area contributed by atoms with Gasteiger partial charge in [-0.1, -0.05) is 37.3 Å². The molecule has 134 valence electrons. The molecule has 0 aliphatic rings. The number of carbonyl (C=O) groups is 1. The third-order valence-electron chi connectivity index (χ3n) is 4.32. The van der Waals surface area contributed by atoms with Gasteiger partial charge in [0.2, 0.25) is 0 Å². The van der Waals surface area contributed by atoms with Crippen LogP contribution in [0.25, 0.3) is 0 Å². The van der Waals surface area contributed by atoms with Crippen LogP contribution in [0.3, 0.4) is 0 Å². The van der Waals surface area contributed by atoms with Crippen molar-refractivity contribution in [2.45, 2.75) is 38.5 Å². The minimum Gasteiger partial charge on any atom is -0.349 e. The first-order valence-corrected chi connectivity index (χ1v) is 8.00. The normalized spacial score (nSPS) is 14.0. The summed E-state index contributed by atoms with van der Waals surface area (Å²) in [5, 5.41) is 2.77. The van der Waals surface area contributed by atoms with Gasteiger partial charge in [0, 0.05) is 24.1 Å². The van der Waals surface area contributed by atoms with Crippen LogP contribution >= 0.6 is 0 Å². The van der Waals surface area contributed by atoms with E-state index in [0.29, 0.717) is 12.1 Å². The van der Waals surface area contributed by atoms with Gasteiger partial charge in [-0.15, -0.1) is 0 Å². The molecule has 2 atom stereocenters. The van der Waals surface area contributed by atoms with E-state index in [4.69, 9.17) is 5.73 Å². The summed E-state index contributed by atoms with van der Waals surface area (Å²) >= 11 is 0. The average Bonchev–Trinajstić information content (AvgIpc) is 2.60. The maximum absolute atomic E-state index is 13.2. The molecule has 2 unspecified atom stereocenters.